The Morgan fingerprint density at radius 1 is 1.86 bits per heavy atom. The third-order valence-corrected chi connectivity index (χ3v) is 1.88. The first-order valence-electron chi connectivity index (χ1n) is 3.18. The Balaban J connectivity index is 2.10. The van der Waals surface area contributed by atoms with Crippen LogP contribution in [0.1, 0.15) is 20.3 Å². The minimum atomic E-state index is 0.958. The molecule has 1 radical (unpaired) electrons. The molecule has 0 bridgehead atoms. The number of hydrogen-bond acceptors (Lipinski definition) is 0. The molecule has 2 atom stereocenters. The van der Waals surface area contributed by atoms with Crippen molar-refractivity contribution in [2.24, 2.45) is 5.92 Å². The lowest BCUT2D eigenvalue weighted by atomic mass is 9.91. The van der Waals surface area contributed by atoms with Gasteiger partial charge in [-0.2, -0.15) is 0 Å². The van der Waals surface area contributed by atoms with Crippen molar-refractivity contribution in [1.29, 1.82) is 0 Å². The summed E-state index contributed by atoms with van der Waals surface area (Å²) in [4.78, 5) is 0. The molecule has 0 aliphatic carbocycles. The van der Waals surface area contributed by atoms with Crippen molar-refractivity contribution in [3.8, 4) is 0 Å². The van der Waals surface area contributed by atoms with E-state index < -0.39 is 0 Å². The maximum atomic E-state index is 2.40. The van der Waals surface area contributed by atoms with E-state index in [1.807, 2.05) is 0 Å². The summed E-state index contributed by atoms with van der Waals surface area (Å²) in [6.07, 6.45) is 2.73. The molecule has 0 N–H and O–H groups in total. The molecule has 2 unspecified atom stereocenters. The van der Waals surface area contributed by atoms with Crippen molar-refractivity contribution >= 4 is 7.28 Å². The summed E-state index contributed by atoms with van der Waals surface area (Å²) in [5, 5.41) is 0. The second-order valence-corrected chi connectivity index (χ2v) is 2.52. The Kier molecular flexibility index (Phi) is 1.41. The molecule has 7 heavy (non-hydrogen) atoms. The maximum absolute atomic E-state index is 2.40. The summed E-state index contributed by atoms with van der Waals surface area (Å²) in [6.45, 7) is 4.59. The van der Waals surface area contributed by atoms with Crippen LogP contribution < -0.4 is 0 Å². The highest BCUT2D eigenvalue weighted by Gasteiger charge is 2.27. The van der Waals surface area contributed by atoms with Gasteiger partial charge in [-0.25, -0.2) is 0 Å². The fourth-order valence-electron chi connectivity index (χ4n) is 0.846. The van der Waals surface area contributed by atoms with Gasteiger partial charge in [0.15, 0.2) is 0 Å². The van der Waals surface area contributed by atoms with Crippen molar-refractivity contribution in [2.75, 3.05) is 0 Å². The highest BCUT2D eigenvalue weighted by atomic mass is 14.2. The van der Waals surface area contributed by atoms with Gasteiger partial charge >= 0.3 is 0 Å². The molecular formula is C6H12B. The fourth-order valence-corrected chi connectivity index (χ4v) is 0.846. The van der Waals surface area contributed by atoms with Crippen LogP contribution in [0.5, 0.6) is 0 Å². The average Bonchev–Trinajstić information content (AvgIpc) is 2.44. The van der Waals surface area contributed by atoms with Gasteiger partial charge in [-0.3, -0.25) is 0 Å². The van der Waals surface area contributed by atoms with Crippen molar-refractivity contribution in [1.82, 2.24) is 0 Å². The highest BCUT2D eigenvalue weighted by molar-refractivity contribution is 6.50. The second kappa shape index (κ2) is 1.89. The minimum Gasteiger partial charge on any atom is -0.0839 e. The minimum absolute atomic E-state index is 0.958. The summed E-state index contributed by atoms with van der Waals surface area (Å²) in [6, 6.07) is 0. The number of rotatable bonds is 2. The molecule has 0 saturated carbocycles. The SMILES string of the molecule is CCC(C)C1[B]C1. The third-order valence-electron chi connectivity index (χ3n) is 1.88. The van der Waals surface area contributed by atoms with Crippen molar-refractivity contribution < 1.29 is 0 Å². The van der Waals surface area contributed by atoms with Crippen LogP contribution in [0.4, 0.5) is 0 Å². The molecule has 0 spiro atoms. The molecule has 0 amide bonds. The van der Waals surface area contributed by atoms with Gasteiger partial charge in [0.2, 0.25) is 0 Å². The van der Waals surface area contributed by atoms with Gasteiger partial charge in [0.1, 0.15) is 7.28 Å². The van der Waals surface area contributed by atoms with Gasteiger partial charge in [0.25, 0.3) is 0 Å². The zero-order chi connectivity index (χ0) is 5.28. The Hall–Kier alpha value is 0.0649. The fraction of sp³-hybridized carbons (Fsp3) is 1.00. The van der Waals surface area contributed by atoms with Crippen LogP contribution in [0.25, 0.3) is 0 Å². The van der Waals surface area contributed by atoms with Gasteiger partial charge in [-0.15, -0.1) is 0 Å². The van der Waals surface area contributed by atoms with Crippen molar-refractivity contribution in [3.63, 3.8) is 0 Å². The van der Waals surface area contributed by atoms with Crippen LogP contribution in [0.15, 0.2) is 0 Å². The summed E-state index contributed by atoms with van der Waals surface area (Å²) in [7, 11) is 2.40. The third kappa shape index (κ3) is 1.22. The van der Waals surface area contributed by atoms with Crippen molar-refractivity contribution in [3.05, 3.63) is 0 Å². The highest BCUT2D eigenvalue weighted by Crippen LogP contribution is 2.37. The van der Waals surface area contributed by atoms with Crippen LogP contribution in [-0.4, -0.2) is 7.28 Å². The molecule has 1 rings (SSSR count). The molecule has 0 aromatic rings. The molecule has 1 fully saturated rings. The summed E-state index contributed by atoms with van der Waals surface area (Å²) < 4.78 is 0. The molecule has 1 saturated heterocycles. The van der Waals surface area contributed by atoms with E-state index in [4.69, 9.17) is 0 Å². The summed E-state index contributed by atoms with van der Waals surface area (Å²) >= 11 is 0. The monoisotopic (exact) mass is 95.1 g/mol. The van der Waals surface area contributed by atoms with Gasteiger partial charge in [-0.05, 0) is 5.92 Å². The van der Waals surface area contributed by atoms with E-state index in [0.717, 1.165) is 11.7 Å². The van der Waals surface area contributed by atoms with Crippen LogP contribution in [0.2, 0.25) is 12.1 Å². The van der Waals surface area contributed by atoms with E-state index in [1.54, 1.807) is 0 Å². The lowest BCUT2D eigenvalue weighted by molar-refractivity contribution is 0.576. The van der Waals surface area contributed by atoms with Gasteiger partial charge < -0.3 is 0 Å². The Morgan fingerprint density at radius 2 is 2.43 bits per heavy atom. The molecule has 1 aliphatic heterocycles. The first kappa shape index (κ1) is 5.21. The Labute approximate surface area is 46.5 Å². The van der Waals surface area contributed by atoms with E-state index in [0.29, 0.717) is 0 Å². The molecular weight excluding hydrogens is 82.9 g/mol. The smallest absolute Gasteiger partial charge is 0.0839 e. The first-order valence-corrected chi connectivity index (χ1v) is 3.18. The van der Waals surface area contributed by atoms with Gasteiger partial charge in [0, 0.05) is 0 Å². The number of hydrogen-bond donors (Lipinski definition) is 0. The van der Waals surface area contributed by atoms with E-state index >= 15 is 0 Å². The second-order valence-electron chi connectivity index (χ2n) is 2.52. The van der Waals surface area contributed by atoms with E-state index in [9.17, 15) is 0 Å². The van der Waals surface area contributed by atoms with E-state index in [1.165, 1.54) is 12.7 Å². The first-order chi connectivity index (χ1) is 3.34. The maximum Gasteiger partial charge on any atom is 0.112 e. The van der Waals surface area contributed by atoms with Crippen LogP contribution in [0, 0.1) is 5.92 Å². The average molecular weight is 95.0 g/mol. The lowest BCUT2D eigenvalue weighted by Crippen LogP contribution is -1.88. The largest absolute Gasteiger partial charge is 0.112 e. The normalized spacial score (nSPS) is 31.4. The predicted molar refractivity (Wildman–Crippen MR) is 33.8 cm³/mol. The molecule has 1 heteroatoms. The summed E-state index contributed by atoms with van der Waals surface area (Å²) in [5.74, 6) is 1.95. The molecule has 0 aromatic heterocycles. The van der Waals surface area contributed by atoms with Gasteiger partial charge in [-0.1, -0.05) is 32.4 Å². The Morgan fingerprint density at radius 3 is 2.57 bits per heavy atom. The predicted octanol–water partition coefficient (Wildman–Crippen LogP) is 1.96. The van der Waals surface area contributed by atoms with Gasteiger partial charge in [0.05, 0.1) is 0 Å². The van der Waals surface area contributed by atoms with E-state index in [-0.39, 0.29) is 0 Å². The zero-order valence-electron chi connectivity index (χ0n) is 5.15. The quantitative estimate of drug-likeness (QED) is 0.460. The molecule has 1 aliphatic rings. The molecule has 1 heterocycles. The lowest BCUT2D eigenvalue weighted by Gasteiger charge is -2.02. The zero-order valence-corrected chi connectivity index (χ0v) is 5.15. The molecule has 0 nitrogen and oxygen atoms in total. The topological polar surface area (TPSA) is 0 Å². The van der Waals surface area contributed by atoms with Crippen LogP contribution in [0.3, 0.4) is 0 Å². The van der Waals surface area contributed by atoms with E-state index in [2.05, 4.69) is 21.1 Å². The standard InChI is InChI=1S/C6H12B/c1-3-5(2)6-4-7-6/h5-6H,3-4H2,1-2H3. The molecule has 39 valence electrons. The Bertz CT molecular complexity index is 57.2. The molecule has 0 aromatic carbocycles. The van der Waals surface area contributed by atoms with Crippen LogP contribution >= 0.6 is 0 Å². The van der Waals surface area contributed by atoms with Crippen molar-refractivity contribution in [2.45, 2.75) is 32.4 Å². The van der Waals surface area contributed by atoms with Crippen LogP contribution in [-0.2, 0) is 0 Å². The summed E-state index contributed by atoms with van der Waals surface area (Å²) in [5.41, 5.74) is 0.